The summed E-state index contributed by atoms with van der Waals surface area (Å²) < 4.78 is 11.0. The molecule has 0 bridgehead atoms. The number of amides is 2. The molecule has 136 valence electrons. The Morgan fingerprint density at radius 1 is 1.08 bits per heavy atom. The molecule has 2 N–H and O–H groups in total. The Morgan fingerprint density at radius 3 is 2.62 bits per heavy atom. The summed E-state index contributed by atoms with van der Waals surface area (Å²) in [7, 11) is 0. The number of hydrogen-bond donors (Lipinski definition) is 2. The highest BCUT2D eigenvalue weighted by Gasteiger charge is 2.27. The molecule has 0 saturated carbocycles. The van der Waals surface area contributed by atoms with E-state index >= 15 is 0 Å². The van der Waals surface area contributed by atoms with Gasteiger partial charge in [0.2, 0.25) is 12.0 Å². The molecule has 2 aromatic rings. The summed E-state index contributed by atoms with van der Waals surface area (Å²) in [6.45, 7) is 0.0686. The van der Waals surface area contributed by atoms with E-state index < -0.39 is 12.0 Å². The fourth-order valence-electron chi connectivity index (χ4n) is 2.40. The fraction of sp³-hybridized carbons (Fsp3) is 0.222. The third kappa shape index (κ3) is 4.59. The minimum atomic E-state index is -0.837. The minimum Gasteiger partial charge on any atom is -0.485 e. The number of carbonyl (C=O) groups is 2. The quantitative estimate of drug-likeness (QED) is 0.781. The normalized spacial score (nSPS) is 15.2. The van der Waals surface area contributed by atoms with Gasteiger partial charge in [0.1, 0.15) is 6.61 Å². The van der Waals surface area contributed by atoms with Crippen LogP contribution >= 0.6 is 23.2 Å². The fourth-order valence-corrected chi connectivity index (χ4v) is 2.90. The molecule has 1 heterocycles. The number of para-hydroxylation sites is 2. The summed E-state index contributed by atoms with van der Waals surface area (Å²) in [6, 6.07) is 12.2. The first kappa shape index (κ1) is 18.4. The van der Waals surface area contributed by atoms with E-state index in [1.807, 2.05) is 6.07 Å². The number of halogens is 2. The average molecular weight is 395 g/mol. The number of benzene rings is 2. The molecule has 3 rings (SSSR count). The second-order valence-corrected chi connectivity index (χ2v) is 6.48. The molecular weight excluding hydrogens is 379 g/mol. The smallest absolute Gasteiger partial charge is 0.283 e. The summed E-state index contributed by atoms with van der Waals surface area (Å²) >= 11 is 11.9. The van der Waals surface area contributed by atoms with Crippen LogP contribution in [-0.2, 0) is 16.0 Å². The summed E-state index contributed by atoms with van der Waals surface area (Å²) in [5.41, 5.74) is 5.51. The van der Waals surface area contributed by atoms with E-state index in [1.54, 1.807) is 36.4 Å². The van der Waals surface area contributed by atoms with Crippen molar-refractivity contribution in [3.63, 3.8) is 0 Å². The highest BCUT2D eigenvalue weighted by molar-refractivity contribution is 6.35. The lowest BCUT2D eigenvalue weighted by atomic mass is 10.1. The molecule has 8 heteroatoms. The van der Waals surface area contributed by atoms with Crippen molar-refractivity contribution >= 4 is 35.0 Å². The molecule has 0 aliphatic carbocycles. The van der Waals surface area contributed by atoms with Crippen LogP contribution in [0, 0.1) is 0 Å². The van der Waals surface area contributed by atoms with Gasteiger partial charge in [0.05, 0.1) is 0 Å². The van der Waals surface area contributed by atoms with Crippen LogP contribution in [0.5, 0.6) is 11.5 Å². The topological polar surface area (TPSA) is 76.7 Å². The van der Waals surface area contributed by atoms with E-state index in [4.69, 9.17) is 32.7 Å². The van der Waals surface area contributed by atoms with E-state index in [2.05, 4.69) is 10.9 Å². The zero-order chi connectivity index (χ0) is 18.5. The van der Waals surface area contributed by atoms with Crippen LogP contribution in [0.15, 0.2) is 42.5 Å². The highest BCUT2D eigenvalue weighted by atomic mass is 35.5. The van der Waals surface area contributed by atoms with Crippen LogP contribution in [0.25, 0.3) is 0 Å². The largest absolute Gasteiger partial charge is 0.485 e. The molecule has 2 aromatic carbocycles. The van der Waals surface area contributed by atoms with Gasteiger partial charge in [-0.05, 0) is 36.2 Å². The molecule has 0 fully saturated rings. The van der Waals surface area contributed by atoms with Crippen LogP contribution in [-0.4, -0.2) is 24.5 Å². The first-order chi connectivity index (χ1) is 12.5. The maximum Gasteiger partial charge on any atom is 0.283 e. The Bertz CT molecular complexity index is 829. The SMILES string of the molecule is O=C(CCc1ccc(Cl)cc1Cl)NNC(=O)C1COc2ccccc2O1. The molecule has 1 aliphatic heterocycles. The monoisotopic (exact) mass is 394 g/mol. The van der Waals surface area contributed by atoms with Crippen LogP contribution in [0.1, 0.15) is 12.0 Å². The van der Waals surface area contributed by atoms with Gasteiger partial charge in [-0.25, -0.2) is 0 Å². The Morgan fingerprint density at radius 2 is 1.85 bits per heavy atom. The molecule has 0 radical (unpaired) electrons. The van der Waals surface area contributed by atoms with E-state index in [1.165, 1.54) is 0 Å². The molecule has 0 aromatic heterocycles. The highest BCUT2D eigenvalue weighted by Crippen LogP contribution is 2.30. The van der Waals surface area contributed by atoms with Gasteiger partial charge in [-0.15, -0.1) is 0 Å². The van der Waals surface area contributed by atoms with Gasteiger partial charge in [0, 0.05) is 16.5 Å². The molecule has 1 aliphatic rings. The van der Waals surface area contributed by atoms with Crippen molar-refractivity contribution in [3.05, 3.63) is 58.1 Å². The third-order valence-corrected chi connectivity index (χ3v) is 4.35. The van der Waals surface area contributed by atoms with Crippen molar-refractivity contribution in [2.45, 2.75) is 18.9 Å². The Kier molecular flexibility index (Phi) is 5.85. The lowest BCUT2D eigenvalue weighted by Crippen LogP contribution is -2.50. The molecule has 0 saturated heterocycles. The van der Waals surface area contributed by atoms with Gasteiger partial charge in [0.15, 0.2) is 11.5 Å². The molecular formula is C18H16Cl2N2O4. The summed E-state index contributed by atoms with van der Waals surface area (Å²) in [5, 5.41) is 1.03. The predicted molar refractivity (Wildman–Crippen MR) is 97.4 cm³/mol. The van der Waals surface area contributed by atoms with Crippen molar-refractivity contribution in [3.8, 4) is 11.5 Å². The molecule has 0 spiro atoms. The van der Waals surface area contributed by atoms with Crippen molar-refractivity contribution < 1.29 is 19.1 Å². The molecule has 26 heavy (non-hydrogen) atoms. The van der Waals surface area contributed by atoms with Gasteiger partial charge in [-0.3, -0.25) is 20.4 Å². The van der Waals surface area contributed by atoms with Crippen molar-refractivity contribution in [2.24, 2.45) is 0 Å². The number of rotatable bonds is 4. The minimum absolute atomic E-state index is 0.0686. The van der Waals surface area contributed by atoms with Gasteiger partial charge in [-0.2, -0.15) is 0 Å². The number of hydrogen-bond acceptors (Lipinski definition) is 4. The lowest BCUT2D eigenvalue weighted by molar-refractivity contribution is -0.135. The van der Waals surface area contributed by atoms with Crippen LogP contribution < -0.4 is 20.3 Å². The zero-order valence-electron chi connectivity index (χ0n) is 13.6. The second-order valence-electron chi connectivity index (χ2n) is 5.64. The third-order valence-electron chi connectivity index (χ3n) is 3.76. The van der Waals surface area contributed by atoms with E-state index in [0.29, 0.717) is 28.0 Å². The van der Waals surface area contributed by atoms with E-state index in [9.17, 15) is 9.59 Å². The van der Waals surface area contributed by atoms with Gasteiger partial charge in [-0.1, -0.05) is 41.4 Å². The predicted octanol–water partition coefficient (Wildman–Crippen LogP) is 2.91. The first-order valence-corrected chi connectivity index (χ1v) is 8.69. The van der Waals surface area contributed by atoms with E-state index in [0.717, 1.165) is 5.56 Å². The summed E-state index contributed by atoms with van der Waals surface area (Å²) in [4.78, 5) is 24.0. The lowest BCUT2D eigenvalue weighted by Gasteiger charge is -2.25. The van der Waals surface area contributed by atoms with Gasteiger partial charge >= 0.3 is 0 Å². The van der Waals surface area contributed by atoms with Gasteiger partial charge in [0.25, 0.3) is 5.91 Å². The molecule has 6 nitrogen and oxygen atoms in total. The Labute approximate surface area is 160 Å². The number of hydrazine groups is 1. The van der Waals surface area contributed by atoms with Crippen LogP contribution in [0.2, 0.25) is 10.0 Å². The summed E-state index contributed by atoms with van der Waals surface area (Å²) in [6.07, 6.45) is -0.253. The number of ether oxygens (including phenoxy) is 2. The standard InChI is InChI=1S/C18H16Cl2N2O4/c19-12-7-5-11(13(20)9-12)6-8-17(23)21-22-18(24)16-10-25-14-3-1-2-4-15(14)26-16/h1-5,7,9,16H,6,8,10H2,(H,21,23)(H,22,24). The Hall–Kier alpha value is -2.44. The number of nitrogens with one attached hydrogen (secondary N) is 2. The van der Waals surface area contributed by atoms with E-state index in [-0.39, 0.29) is 18.9 Å². The number of aryl methyl sites for hydroxylation is 1. The maximum absolute atomic E-state index is 12.1. The zero-order valence-corrected chi connectivity index (χ0v) is 15.1. The molecule has 2 amide bonds. The van der Waals surface area contributed by atoms with Crippen molar-refractivity contribution in [1.29, 1.82) is 0 Å². The number of carbonyl (C=O) groups excluding carboxylic acids is 2. The van der Waals surface area contributed by atoms with Gasteiger partial charge < -0.3 is 9.47 Å². The molecule has 1 atom stereocenters. The molecule has 1 unspecified atom stereocenters. The second kappa shape index (κ2) is 8.29. The average Bonchev–Trinajstić information content (AvgIpc) is 2.65. The maximum atomic E-state index is 12.1. The Balaban J connectivity index is 1.45. The van der Waals surface area contributed by atoms with Crippen molar-refractivity contribution in [2.75, 3.05) is 6.61 Å². The first-order valence-electron chi connectivity index (χ1n) is 7.94. The van der Waals surface area contributed by atoms with Crippen LogP contribution in [0.3, 0.4) is 0 Å². The summed E-state index contributed by atoms with van der Waals surface area (Å²) in [5.74, 6) is 0.238. The van der Waals surface area contributed by atoms with Crippen LogP contribution in [0.4, 0.5) is 0 Å². The van der Waals surface area contributed by atoms with Crippen molar-refractivity contribution in [1.82, 2.24) is 10.9 Å². The number of fused-ring (bicyclic) bond motifs is 1.